The fourth-order valence-corrected chi connectivity index (χ4v) is 2.11. The third-order valence-electron chi connectivity index (χ3n) is 3.43. The highest BCUT2D eigenvalue weighted by Crippen LogP contribution is 2.28. The number of hydrogen-bond donors (Lipinski definition) is 2. The van der Waals surface area contributed by atoms with Gasteiger partial charge in [0.2, 0.25) is 0 Å². The number of benzene rings is 2. The molecule has 8 heteroatoms. The molecule has 0 radical (unpaired) electrons. The number of anilines is 1. The lowest BCUT2D eigenvalue weighted by molar-refractivity contribution is -0.136. The number of hydrazone groups is 1. The number of methoxy groups -OCH3 is 2. The number of amides is 2. The molecule has 2 N–H and O–H groups in total. The molecule has 0 heterocycles. The molecule has 0 spiro atoms. The van der Waals surface area contributed by atoms with Crippen LogP contribution in [0.2, 0.25) is 0 Å². The Balaban J connectivity index is 1.93. The van der Waals surface area contributed by atoms with E-state index in [-0.39, 0.29) is 0 Å². The lowest BCUT2D eigenvalue weighted by Crippen LogP contribution is -2.32. The predicted octanol–water partition coefficient (Wildman–Crippen LogP) is 2.19. The predicted molar refractivity (Wildman–Crippen MR) is 102 cm³/mol. The van der Waals surface area contributed by atoms with Gasteiger partial charge in [-0.2, -0.15) is 5.10 Å². The topological polar surface area (TPSA) is 98.2 Å². The number of nitrogens with zero attached hydrogens (tertiary/aromatic N) is 1. The summed E-state index contributed by atoms with van der Waals surface area (Å²) in [6.45, 7) is 2.48. The normalized spacial score (nSPS) is 10.3. The summed E-state index contributed by atoms with van der Waals surface area (Å²) < 4.78 is 15.6. The summed E-state index contributed by atoms with van der Waals surface area (Å²) in [5.41, 5.74) is 3.26. The van der Waals surface area contributed by atoms with Crippen molar-refractivity contribution in [2.75, 3.05) is 26.1 Å². The van der Waals surface area contributed by atoms with Crippen molar-refractivity contribution in [1.29, 1.82) is 0 Å². The molecule has 8 nitrogen and oxygen atoms in total. The number of carbonyl (C=O) groups excluding carboxylic acids is 2. The highest BCUT2D eigenvalue weighted by molar-refractivity contribution is 6.39. The molecule has 0 aliphatic heterocycles. The lowest BCUT2D eigenvalue weighted by Gasteiger charge is -2.10. The molecule has 142 valence electrons. The van der Waals surface area contributed by atoms with E-state index in [9.17, 15) is 9.59 Å². The first-order valence-corrected chi connectivity index (χ1v) is 8.16. The van der Waals surface area contributed by atoms with Crippen molar-refractivity contribution in [1.82, 2.24) is 5.43 Å². The average Bonchev–Trinajstić information content (AvgIpc) is 2.69. The smallest absolute Gasteiger partial charge is 0.329 e. The van der Waals surface area contributed by atoms with Crippen LogP contribution >= 0.6 is 0 Å². The van der Waals surface area contributed by atoms with Gasteiger partial charge in [-0.1, -0.05) is 0 Å². The molecule has 0 aromatic heterocycles. The Morgan fingerprint density at radius 2 is 1.70 bits per heavy atom. The number of hydrogen-bond acceptors (Lipinski definition) is 6. The molecule has 2 amide bonds. The maximum atomic E-state index is 12.0. The molecule has 0 fully saturated rings. The Bertz CT molecular complexity index is 819. The van der Waals surface area contributed by atoms with E-state index in [1.54, 1.807) is 42.5 Å². The Labute approximate surface area is 157 Å². The molecular formula is C19H21N3O5. The molecule has 0 unspecified atom stereocenters. The second-order valence-electron chi connectivity index (χ2n) is 5.22. The molecule has 2 rings (SSSR count). The van der Waals surface area contributed by atoms with E-state index in [0.29, 0.717) is 23.8 Å². The first-order chi connectivity index (χ1) is 13.1. The molecule has 27 heavy (non-hydrogen) atoms. The number of ether oxygens (including phenoxy) is 3. The van der Waals surface area contributed by atoms with Gasteiger partial charge in [-0.25, -0.2) is 5.43 Å². The second kappa shape index (κ2) is 9.81. The van der Waals surface area contributed by atoms with Crippen LogP contribution in [0.5, 0.6) is 17.2 Å². The van der Waals surface area contributed by atoms with Gasteiger partial charge in [0.25, 0.3) is 0 Å². The van der Waals surface area contributed by atoms with Gasteiger partial charge in [0.15, 0.2) is 0 Å². The Morgan fingerprint density at radius 1 is 1.00 bits per heavy atom. The lowest BCUT2D eigenvalue weighted by atomic mass is 10.2. The molecule has 0 saturated heterocycles. The summed E-state index contributed by atoms with van der Waals surface area (Å²) in [5.74, 6) is -0.105. The van der Waals surface area contributed by atoms with Crippen molar-refractivity contribution in [3.8, 4) is 17.2 Å². The van der Waals surface area contributed by atoms with Crippen molar-refractivity contribution in [2.24, 2.45) is 5.10 Å². The van der Waals surface area contributed by atoms with Crippen molar-refractivity contribution < 1.29 is 23.8 Å². The maximum Gasteiger partial charge on any atom is 0.329 e. The quantitative estimate of drug-likeness (QED) is 0.442. The van der Waals surface area contributed by atoms with E-state index in [0.717, 1.165) is 11.3 Å². The first-order valence-electron chi connectivity index (χ1n) is 8.16. The Morgan fingerprint density at radius 3 is 2.33 bits per heavy atom. The molecule has 0 aliphatic carbocycles. The van der Waals surface area contributed by atoms with Crippen LogP contribution in [0.15, 0.2) is 47.6 Å². The molecule has 0 atom stereocenters. The van der Waals surface area contributed by atoms with Gasteiger partial charge in [0.1, 0.15) is 17.2 Å². The van der Waals surface area contributed by atoms with Gasteiger partial charge in [0, 0.05) is 6.07 Å². The largest absolute Gasteiger partial charge is 0.497 e. The number of nitrogens with one attached hydrogen (secondary N) is 2. The zero-order valence-corrected chi connectivity index (χ0v) is 15.3. The highest BCUT2D eigenvalue weighted by Gasteiger charge is 2.15. The van der Waals surface area contributed by atoms with E-state index in [1.807, 2.05) is 6.92 Å². The summed E-state index contributed by atoms with van der Waals surface area (Å²) in [4.78, 5) is 23.9. The van der Waals surface area contributed by atoms with Crippen LogP contribution in [0.1, 0.15) is 12.5 Å². The molecular weight excluding hydrogens is 350 g/mol. The summed E-state index contributed by atoms with van der Waals surface area (Å²) >= 11 is 0. The summed E-state index contributed by atoms with van der Waals surface area (Å²) in [5, 5.41) is 6.23. The molecule has 0 saturated carbocycles. The van der Waals surface area contributed by atoms with Gasteiger partial charge >= 0.3 is 11.8 Å². The van der Waals surface area contributed by atoms with Crippen molar-refractivity contribution >= 4 is 23.7 Å². The summed E-state index contributed by atoms with van der Waals surface area (Å²) in [6.07, 6.45) is 1.43. The van der Waals surface area contributed by atoms with Gasteiger partial charge in [0.05, 0.1) is 32.7 Å². The Kier molecular flexibility index (Phi) is 7.18. The minimum atomic E-state index is -0.907. The van der Waals surface area contributed by atoms with Gasteiger partial charge < -0.3 is 19.5 Å². The SMILES string of the molecule is CCOc1ccc(/C=N\NC(=O)C(=O)Nc2ccc(OC)cc2OC)cc1. The van der Waals surface area contributed by atoms with Gasteiger partial charge in [-0.05, 0) is 48.9 Å². The van der Waals surface area contributed by atoms with Crippen molar-refractivity contribution in [2.45, 2.75) is 6.92 Å². The Hall–Kier alpha value is -3.55. The second-order valence-corrected chi connectivity index (χ2v) is 5.22. The highest BCUT2D eigenvalue weighted by atomic mass is 16.5. The van der Waals surface area contributed by atoms with Crippen LogP contribution in [-0.4, -0.2) is 38.9 Å². The van der Waals surface area contributed by atoms with E-state index in [1.165, 1.54) is 20.4 Å². The number of carbonyl (C=O) groups is 2. The zero-order valence-electron chi connectivity index (χ0n) is 15.3. The summed E-state index contributed by atoms with van der Waals surface area (Å²) in [6, 6.07) is 11.9. The van der Waals surface area contributed by atoms with E-state index >= 15 is 0 Å². The third kappa shape index (κ3) is 5.74. The molecule has 0 aliphatic rings. The average molecular weight is 371 g/mol. The minimum absolute atomic E-state index is 0.342. The third-order valence-corrected chi connectivity index (χ3v) is 3.43. The van der Waals surface area contributed by atoms with Gasteiger partial charge in [-0.15, -0.1) is 0 Å². The fourth-order valence-electron chi connectivity index (χ4n) is 2.11. The van der Waals surface area contributed by atoms with Crippen LogP contribution in [0.4, 0.5) is 5.69 Å². The van der Waals surface area contributed by atoms with Crippen LogP contribution in [0, 0.1) is 0 Å². The number of rotatable bonds is 7. The van der Waals surface area contributed by atoms with Crippen molar-refractivity contribution in [3.63, 3.8) is 0 Å². The van der Waals surface area contributed by atoms with E-state index < -0.39 is 11.8 Å². The van der Waals surface area contributed by atoms with Crippen LogP contribution < -0.4 is 25.0 Å². The molecule has 2 aromatic carbocycles. The summed E-state index contributed by atoms with van der Waals surface area (Å²) in [7, 11) is 2.97. The molecule has 0 bridgehead atoms. The van der Waals surface area contributed by atoms with E-state index in [2.05, 4.69) is 15.8 Å². The van der Waals surface area contributed by atoms with Gasteiger partial charge in [-0.3, -0.25) is 9.59 Å². The minimum Gasteiger partial charge on any atom is -0.497 e. The molecule has 2 aromatic rings. The van der Waals surface area contributed by atoms with Crippen LogP contribution in [0.25, 0.3) is 0 Å². The van der Waals surface area contributed by atoms with Crippen molar-refractivity contribution in [3.05, 3.63) is 48.0 Å². The fraction of sp³-hybridized carbons (Fsp3) is 0.211. The monoisotopic (exact) mass is 371 g/mol. The van der Waals surface area contributed by atoms with Crippen LogP contribution in [-0.2, 0) is 9.59 Å². The maximum absolute atomic E-state index is 12.0. The van der Waals surface area contributed by atoms with E-state index in [4.69, 9.17) is 14.2 Å². The first kappa shape index (κ1) is 19.8. The standard InChI is InChI=1S/C19H21N3O5/c1-4-27-14-7-5-13(6-8-14)12-20-22-19(24)18(23)21-16-10-9-15(25-2)11-17(16)26-3/h5-12H,4H2,1-3H3,(H,21,23)(H,22,24)/b20-12-. The zero-order chi connectivity index (χ0) is 19.6. The van der Waals surface area contributed by atoms with Crippen LogP contribution in [0.3, 0.4) is 0 Å².